The Labute approximate surface area is 210 Å². The second-order valence-corrected chi connectivity index (χ2v) is 10.2. The van der Waals surface area contributed by atoms with Gasteiger partial charge < -0.3 is 20.3 Å². The molecule has 10 heteroatoms. The van der Waals surface area contributed by atoms with E-state index in [1.54, 1.807) is 12.1 Å². The van der Waals surface area contributed by atoms with Crippen LogP contribution in [-0.2, 0) is 16.0 Å². The summed E-state index contributed by atoms with van der Waals surface area (Å²) in [6.07, 6.45) is 0.177. The number of halogens is 4. The molecule has 2 rings (SSSR count). The third kappa shape index (κ3) is 6.45. The number of aliphatic carboxylic acids is 1. The van der Waals surface area contributed by atoms with Crippen molar-refractivity contribution in [2.45, 2.75) is 19.4 Å². The van der Waals surface area contributed by atoms with Crippen molar-refractivity contribution in [3.05, 3.63) is 44.1 Å². The van der Waals surface area contributed by atoms with Gasteiger partial charge in [0.2, 0.25) is 5.91 Å². The first-order valence-electron chi connectivity index (χ1n) is 7.42. The number of hydrogen-bond acceptors (Lipinski definition) is 4. The fraction of sp³-hybridized carbons (Fsp3) is 0.176. The molecule has 2 aromatic carbocycles. The fourth-order valence-electron chi connectivity index (χ4n) is 2.23. The SMILES string of the molecule is CC(=O)N[C@H](Cc1cc(I)c(Oc2cc(I)c(O)c(I)c2)c(I)c1)C(=O)O. The van der Waals surface area contributed by atoms with Gasteiger partial charge in [-0.05, 0) is 120 Å². The zero-order chi connectivity index (χ0) is 20.3. The highest BCUT2D eigenvalue weighted by Gasteiger charge is 2.20. The summed E-state index contributed by atoms with van der Waals surface area (Å²) in [6, 6.07) is 6.18. The van der Waals surface area contributed by atoms with Crippen LogP contribution in [0.1, 0.15) is 12.5 Å². The second-order valence-electron chi connectivity index (χ2n) is 5.52. The molecule has 3 N–H and O–H groups in total. The number of carboxylic acids is 1. The van der Waals surface area contributed by atoms with Gasteiger partial charge in [-0.15, -0.1) is 0 Å². The molecular formula is C17H13I4NO5. The summed E-state index contributed by atoms with van der Waals surface area (Å²) in [4.78, 5) is 22.5. The van der Waals surface area contributed by atoms with E-state index in [-0.39, 0.29) is 18.1 Å². The van der Waals surface area contributed by atoms with Crippen molar-refractivity contribution in [3.8, 4) is 17.2 Å². The van der Waals surface area contributed by atoms with Crippen molar-refractivity contribution in [2.24, 2.45) is 0 Å². The average Bonchev–Trinajstić information content (AvgIpc) is 2.54. The minimum absolute atomic E-state index is 0.177. The zero-order valence-corrected chi connectivity index (χ0v) is 22.4. The molecular weight excluding hydrogens is 806 g/mol. The minimum atomic E-state index is -1.08. The molecule has 0 radical (unpaired) electrons. The molecule has 0 saturated heterocycles. The molecule has 0 spiro atoms. The van der Waals surface area contributed by atoms with E-state index < -0.39 is 12.0 Å². The predicted molar refractivity (Wildman–Crippen MR) is 134 cm³/mol. The second kappa shape index (κ2) is 10.1. The monoisotopic (exact) mass is 819 g/mol. The van der Waals surface area contributed by atoms with Gasteiger partial charge in [-0.25, -0.2) is 4.79 Å². The predicted octanol–water partition coefficient (Wildman–Crippen LogP) is 4.73. The molecule has 0 aliphatic carbocycles. The molecule has 0 fully saturated rings. The first-order chi connectivity index (χ1) is 12.6. The summed E-state index contributed by atoms with van der Waals surface area (Å²) in [5, 5.41) is 21.6. The highest BCUT2D eigenvalue weighted by Crippen LogP contribution is 2.36. The van der Waals surface area contributed by atoms with Crippen molar-refractivity contribution in [1.29, 1.82) is 0 Å². The number of carboxylic acid groups (broad SMARTS) is 1. The summed E-state index contributed by atoms with van der Waals surface area (Å²) < 4.78 is 9.03. The molecule has 0 saturated carbocycles. The van der Waals surface area contributed by atoms with Crippen LogP contribution in [0.3, 0.4) is 0 Å². The van der Waals surface area contributed by atoms with Gasteiger partial charge in [-0.1, -0.05) is 0 Å². The van der Waals surface area contributed by atoms with Crippen LogP contribution in [0.15, 0.2) is 24.3 Å². The molecule has 0 aliphatic rings. The van der Waals surface area contributed by atoms with Crippen LogP contribution in [0.2, 0.25) is 0 Å². The lowest BCUT2D eigenvalue weighted by Crippen LogP contribution is -2.41. The van der Waals surface area contributed by atoms with Crippen LogP contribution in [-0.4, -0.2) is 28.1 Å². The average molecular weight is 819 g/mol. The number of amides is 1. The van der Waals surface area contributed by atoms with E-state index in [0.717, 1.165) is 12.7 Å². The van der Waals surface area contributed by atoms with Crippen molar-refractivity contribution in [1.82, 2.24) is 5.32 Å². The molecule has 1 amide bonds. The third-order valence-corrected chi connectivity index (χ3v) is 6.63. The molecule has 0 aromatic heterocycles. The minimum Gasteiger partial charge on any atom is -0.506 e. The molecule has 0 unspecified atom stereocenters. The van der Waals surface area contributed by atoms with E-state index in [9.17, 15) is 19.8 Å². The van der Waals surface area contributed by atoms with Gasteiger partial charge in [-0.2, -0.15) is 0 Å². The Kier molecular flexibility index (Phi) is 8.66. The number of carbonyl (C=O) groups is 2. The number of hydrogen-bond donors (Lipinski definition) is 3. The number of carbonyl (C=O) groups excluding carboxylic acids is 1. The van der Waals surface area contributed by atoms with Gasteiger partial charge in [0.05, 0.1) is 14.3 Å². The number of ether oxygens (including phenoxy) is 1. The highest BCUT2D eigenvalue weighted by molar-refractivity contribution is 14.1. The number of benzene rings is 2. The van der Waals surface area contributed by atoms with Crippen LogP contribution in [0, 0.1) is 14.3 Å². The Morgan fingerprint density at radius 1 is 1.04 bits per heavy atom. The summed E-state index contributed by atoms with van der Waals surface area (Å²) in [7, 11) is 0. The third-order valence-electron chi connectivity index (χ3n) is 3.38. The Morgan fingerprint density at radius 2 is 1.56 bits per heavy atom. The Hall–Kier alpha value is -0.100. The van der Waals surface area contributed by atoms with Gasteiger partial charge in [-0.3, -0.25) is 4.79 Å². The Balaban J connectivity index is 2.29. The smallest absolute Gasteiger partial charge is 0.326 e. The first kappa shape index (κ1) is 23.2. The molecule has 144 valence electrons. The van der Waals surface area contributed by atoms with Crippen molar-refractivity contribution < 1.29 is 24.5 Å². The number of rotatable bonds is 6. The standard InChI is InChI=1S/C17H13I4NO5/c1-7(23)22-14(17(25)26)4-8-2-12(20)16(13(21)3-8)27-9-5-10(18)15(24)11(19)6-9/h2-3,5-6,14,24H,4H2,1H3,(H,22,23)(H,25,26)/t14-/m1/s1. The maximum Gasteiger partial charge on any atom is 0.326 e. The van der Waals surface area contributed by atoms with Crippen LogP contribution in [0.4, 0.5) is 0 Å². The molecule has 0 aliphatic heterocycles. The summed E-state index contributed by atoms with van der Waals surface area (Å²) in [5.74, 6) is 0.0172. The van der Waals surface area contributed by atoms with E-state index in [1.165, 1.54) is 6.92 Å². The summed E-state index contributed by atoms with van der Waals surface area (Å²) >= 11 is 8.35. The maximum atomic E-state index is 11.3. The van der Waals surface area contributed by atoms with Gasteiger partial charge >= 0.3 is 5.97 Å². The number of aromatic hydroxyl groups is 1. The van der Waals surface area contributed by atoms with Gasteiger partial charge in [0.1, 0.15) is 17.5 Å². The normalized spacial score (nSPS) is 11.7. The lowest BCUT2D eigenvalue weighted by atomic mass is 10.1. The summed E-state index contributed by atoms with van der Waals surface area (Å²) in [6.45, 7) is 1.29. The Morgan fingerprint density at radius 3 is 2.00 bits per heavy atom. The number of phenols is 1. The van der Waals surface area contributed by atoms with Gasteiger partial charge in [0.25, 0.3) is 0 Å². The topological polar surface area (TPSA) is 95.9 Å². The van der Waals surface area contributed by atoms with E-state index in [4.69, 9.17) is 4.74 Å². The lowest BCUT2D eigenvalue weighted by Gasteiger charge is -2.16. The largest absolute Gasteiger partial charge is 0.506 e. The molecule has 1 atom stereocenters. The van der Waals surface area contributed by atoms with E-state index in [1.807, 2.05) is 57.3 Å². The molecule has 0 heterocycles. The number of phenolic OH excluding ortho intramolecular Hbond substituents is 1. The Bertz CT molecular complexity index is 857. The van der Waals surface area contributed by atoms with E-state index in [2.05, 4.69) is 50.5 Å². The first-order valence-corrected chi connectivity index (χ1v) is 11.7. The molecule has 6 nitrogen and oxygen atoms in total. The van der Waals surface area contributed by atoms with Crippen molar-refractivity contribution >= 4 is 102 Å². The lowest BCUT2D eigenvalue weighted by molar-refractivity contribution is -0.141. The van der Waals surface area contributed by atoms with E-state index >= 15 is 0 Å². The van der Waals surface area contributed by atoms with Crippen molar-refractivity contribution in [3.63, 3.8) is 0 Å². The molecule has 27 heavy (non-hydrogen) atoms. The quantitative estimate of drug-likeness (QED) is 0.367. The van der Waals surface area contributed by atoms with Gasteiger partial charge in [0.15, 0.2) is 5.75 Å². The van der Waals surface area contributed by atoms with Crippen LogP contribution < -0.4 is 10.1 Å². The van der Waals surface area contributed by atoms with Crippen LogP contribution >= 0.6 is 90.4 Å². The zero-order valence-electron chi connectivity index (χ0n) is 13.7. The highest BCUT2D eigenvalue weighted by atomic mass is 127. The van der Waals surface area contributed by atoms with Gasteiger partial charge in [0, 0.05) is 13.3 Å². The maximum absolute atomic E-state index is 11.3. The molecule has 0 bridgehead atoms. The van der Waals surface area contributed by atoms with Crippen LogP contribution in [0.25, 0.3) is 0 Å². The van der Waals surface area contributed by atoms with Crippen LogP contribution in [0.5, 0.6) is 17.2 Å². The fourth-order valence-corrected chi connectivity index (χ4v) is 6.06. The van der Waals surface area contributed by atoms with Crippen molar-refractivity contribution in [2.75, 3.05) is 0 Å². The molecule has 2 aromatic rings. The number of nitrogens with one attached hydrogen (secondary N) is 1. The van der Waals surface area contributed by atoms with E-state index in [0.29, 0.717) is 18.6 Å². The summed E-state index contributed by atoms with van der Waals surface area (Å²) in [5.41, 5.74) is 0.784.